The SMILES string of the molecule is CC(CC(=O)C[N+](=O)[O-])=Nc1ccccc1. The number of benzene rings is 1. The first-order valence-electron chi connectivity index (χ1n) is 4.80. The van der Waals surface area contributed by atoms with Crippen LogP contribution < -0.4 is 0 Å². The Bertz CT molecular complexity index is 412. The molecule has 0 N–H and O–H groups in total. The molecular weight excluding hydrogens is 208 g/mol. The number of aliphatic imine (C=N–C) groups is 1. The summed E-state index contributed by atoms with van der Waals surface area (Å²) in [7, 11) is 0. The van der Waals surface area contributed by atoms with Gasteiger partial charge in [-0.15, -0.1) is 0 Å². The van der Waals surface area contributed by atoms with Crippen LogP contribution in [0.15, 0.2) is 35.3 Å². The van der Waals surface area contributed by atoms with Gasteiger partial charge in [-0.1, -0.05) is 18.2 Å². The summed E-state index contributed by atoms with van der Waals surface area (Å²) in [5.41, 5.74) is 1.33. The average Bonchev–Trinajstić information content (AvgIpc) is 2.17. The molecule has 0 aromatic heterocycles. The largest absolute Gasteiger partial charge is 0.292 e. The first-order valence-corrected chi connectivity index (χ1v) is 4.80. The van der Waals surface area contributed by atoms with Gasteiger partial charge in [0.05, 0.1) is 12.1 Å². The number of nitrogens with zero attached hydrogens (tertiary/aromatic N) is 2. The highest BCUT2D eigenvalue weighted by atomic mass is 16.6. The Morgan fingerprint density at radius 2 is 2.00 bits per heavy atom. The quantitative estimate of drug-likeness (QED) is 0.433. The van der Waals surface area contributed by atoms with Crippen molar-refractivity contribution in [1.82, 2.24) is 0 Å². The van der Waals surface area contributed by atoms with E-state index in [2.05, 4.69) is 4.99 Å². The zero-order valence-electron chi connectivity index (χ0n) is 8.92. The fraction of sp³-hybridized carbons (Fsp3) is 0.273. The molecule has 0 unspecified atom stereocenters. The molecular formula is C11H12N2O3. The maximum Gasteiger partial charge on any atom is 0.261 e. The lowest BCUT2D eigenvalue weighted by Crippen LogP contribution is -2.15. The van der Waals surface area contributed by atoms with Crippen LogP contribution in [0.3, 0.4) is 0 Å². The number of carbonyl (C=O) groups is 1. The zero-order valence-corrected chi connectivity index (χ0v) is 8.92. The van der Waals surface area contributed by atoms with Crippen LogP contribution in [-0.2, 0) is 4.79 Å². The molecule has 0 radical (unpaired) electrons. The number of hydrogen-bond acceptors (Lipinski definition) is 4. The van der Waals surface area contributed by atoms with Gasteiger partial charge in [0.25, 0.3) is 6.54 Å². The fourth-order valence-corrected chi connectivity index (χ4v) is 1.25. The van der Waals surface area contributed by atoms with Crippen LogP contribution >= 0.6 is 0 Å². The molecule has 0 aliphatic heterocycles. The molecule has 0 saturated heterocycles. The predicted molar refractivity (Wildman–Crippen MR) is 60.7 cm³/mol. The minimum Gasteiger partial charge on any atom is -0.292 e. The van der Waals surface area contributed by atoms with Gasteiger partial charge in [0, 0.05) is 10.6 Å². The van der Waals surface area contributed by atoms with E-state index in [1.165, 1.54) is 0 Å². The van der Waals surface area contributed by atoms with Gasteiger partial charge >= 0.3 is 0 Å². The first kappa shape index (κ1) is 12.0. The van der Waals surface area contributed by atoms with Crippen LogP contribution in [0.2, 0.25) is 0 Å². The third-order valence-electron chi connectivity index (χ3n) is 1.83. The number of nitro groups is 1. The van der Waals surface area contributed by atoms with Crippen LogP contribution in [0.4, 0.5) is 5.69 Å². The van der Waals surface area contributed by atoms with Gasteiger partial charge in [-0.3, -0.25) is 19.9 Å². The minimum absolute atomic E-state index is 0.0237. The molecule has 5 heteroatoms. The molecule has 1 aromatic rings. The Hall–Kier alpha value is -2.04. The van der Waals surface area contributed by atoms with Gasteiger partial charge in [-0.2, -0.15) is 0 Å². The third-order valence-corrected chi connectivity index (χ3v) is 1.83. The maximum absolute atomic E-state index is 11.1. The molecule has 0 aliphatic carbocycles. The predicted octanol–water partition coefficient (Wildman–Crippen LogP) is 2.01. The van der Waals surface area contributed by atoms with E-state index in [4.69, 9.17) is 0 Å². The summed E-state index contributed by atoms with van der Waals surface area (Å²) >= 11 is 0. The molecule has 0 amide bonds. The lowest BCUT2D eigenvalue weighted by atomic mass is 10.2. The second-order valence-corrected chi connectivity index (χ2v) is 3.39. The first-order chi connectivity index (χ1) is 7.58. The van der Waals surface area contributed by atoms with Gasteiger partial charge in [0.1, 0.15) is 0 Å². The second kappa shape index (κ2) is 5.75. The number of ketones is 1. The van der Waals surface area contributed by atoms with E-state index in [1.807, 2.05) is 30.3 Å². The highest BCUT2D eigenvalue weighted by molar-refractivity contribution is 6.02. The smallest absolute Gasteiger partial charge is 0.261 e. The highest BCUT2D eigenvalue weighted by Crippen LogP contribution is 2.10. The van der Waals surface area contributed by atoms with Crippen molar-refractivity contribution in [3.63, 3.8) is 0 Å². The summed E-state index contributed by atoms with van der Waals surface area (Å²) in [6.45, 7) is 1.05. The molecule has 1 rings (SSSR count). The summed E-state index contributed by atoms with van der Waals surface area (Å²) in [5, 5.41) is 10.1. The number of rotatable bonds is 5. The van der Waals surface area contributed by atoms with Crippen LogP contribution in [0, 0.1) is 10.1 Å². The summed E-state index contributed by atoms with van der Waals surface area (Å²) in [6, 6.07) is 9.16. The molecule has 0 heterocycles. The summed E-state index contributed by atoms with van der Waals surface area (Å²) in [4.78, 5) is 24.8. The lowest BCUT2D eigenvalue weighted by molar-refractivity contribution is -0.467. The van der Waals surface area contributed by atoms with Crippen molar-refractivity contribution in [3.05, 3.63) is 40.4 Å². The molecule has 5 nitrogen and oxygen atoms in total. The van der Waals surface area contributed by atoms with Crippen LogP contribution in [0.1, 0.15) is 13.3 Å². The van der Waals surface area contributed by atoms with Crippen molar-refractivity contribution >= 4 is 17.2 Å². The van der Waals surface area contributed by atoms with Gasteiger partial charge in [0.15, 0.2) is 0 Å². The Labute approximate surface area is 93.0 Å². The number of hydrogen-bond donors (Lipinski definition) is 0. The third kappa shape index (κ3) is 4.45. The van der Waals surface area contributed by atoms with E-state index in [0.29, 0.717) is 5.71 Å². The second-order valence-electron chi connectivity index (χ2n) is 3.39. The number of carbonyl (C=O) groups excluding carboxylic acids is 1. The van der Waals surface area contributed by atoms with Crippen molar-refractivity contribution < 1.29 is 9.72 Å². The minimum atomic E-state index is -0.637. The molecule has 0 bridgehead atoms. The monoisotopic (exact) mass is 220 g/mol. The van der Waals surface area contributed by atoms with Crippen LogP contribution in [0.25, 0.3) is 0 Å². The van der Waals surface area contributed by atoms with Crippen molar-refractivity contribution in [3.8, 4) is 0 Å². The average molecular weight is 220 g/mol. The van der Waals surface area contributed by atoms with E-state index in [0.717, 1.165) is 5.69 Å². The molecule has 0 atom stereocenters. The number of para-hydroxylation sites is 1. The van der Waals surface area contributed by atoms with Gasteiger partial charge in [-0.05, 0) is 19.1 Å². The van der Waals surface area contributed by atoms with Gasteiger partial charge in [0.2, 0.25) is 5.78 Å². The van der Waals surface area contributed by atoms with E-state index in [-0.39, 0.29) is 6.42 Å². The van der Waals surface area contributed by atoms with Crippen molar-refractivity contribution in [2.75, 3.05) is 6.54 Å². The molecule has 0 saturated carbocycles. The molecule has 0 aliphatic rings. The van der Waals surface area contributed by atoms with Gasteiger partial charge < -0.3 is 0 Å². The molecule has 84 valence electrons. The molecule has 1 aromatic carbocycles. The van der Waals surface area contributed by atoms with Crippen LogP contribution in [0.5, 0.6) is 0 Å². The van der Waals surface area contributed by atoms with Crippen molar-refractivity contribution in [1.29, 1.82) is 0 Å². The summed E-state index contributed by atoms with van der Waals surface area (Å²) < 4.78 is 0. The fourth-order valence-electron chi connectivity index (χ4n) is 1.25. The Morgan fingerprint density at radius 1 is 1.38 bits per heavy atom. The molecule has 0 fully saturated rings. The van der Waals surface area contributed by atoms with E-state index in [1.54, 1.807) is 6.92 Å². The van der Waals surface area contributed by atoms with Crippen molar-refractivity contribution in [2.45, 2.75) is 13.3 Å². The zero-order chi connectivity index (χ0) is 12.0. The maximum atomic E-state index is 11.1. The Balaban J connectivity index is 2.58. The Morgan fingerprint density at radius 3 is 2.56 bits per heavy atom. The highest BCUT2D eigenvalue weighted by Gasteiger charge is 2.10. The molecule has 0 spiro atoms. The lowest BCUT2D eigenvalue weighted by Gasteiger charge is -1.98. The summed E-state index contributed by atoms with van der Waals surface area (Å²) in [5.74, 6) is -0.429. The van der Waals surface area contributed by atoms with Crippen molar-refractivity contribution in [2.24, 2.45) is 4.99 Å². The van der Waals surface area contributed by atoms with E-state index < -0.39 is 17.3 Å². The topological polar surface area (TPSA) is 72.6 Å². The summed E-state index contributed by atoms with van der Waals surface area (Å²) in [6.07, 6.45) is 0.0237. The number of Topliss-reactive ketones (excluding diaryl/α,β-unsaturated/α-hetero) is 1. The normalized spacial score (nSPS) is 11.2. The van der Waals surface area contributed by atoms with E-state index >= 15 is 0 Å². The molecule has 16 heavy (non-hydrogen) atoms. The van der Waals surface area contributed by atoms with E-state index in [9.17, 15) is 14.9 Å². The standard InChI is InChI=1S/C11H12N2O3/c1-9(7-11(14)8-13(15)16)12-10-5-3-2-4-6-10/h2-6H,7-8H2,1H3. The Kier molecular flexibility index (Phi) is 4.32. The van der Waals surface area contributed by atoms with Gasteiger partial charge in [-0.25, -0.2) is 0 Å². The van der Waals surface area contributed by atoms with Crippen LogP contribution in [-0.4, -0.2) is 23.0 Å².